The Morgan fingerprint density at radius 3 is 1.88 bits per heavy atom. The van der Waals surface area contributed by atoms with E-state index in [1.54, 1.807) is 5.56 Å². The van der Waals surface area contributed by atoms with Gasteiger partial charge in [0.1, 0.15) is 0 Å². The van der Waals surface area contributed by atoms with E-state index in [1.807, 2.05) is 0 Å². The molecule has 0 N–H and O–H groups in total. The van der Waals surface area contributed by atoms with Crippen molar-refractivity contribution in [2.45, 2.75) is 71.6 Å². The molecule has 0 spiro atoms. The monoisotopic (exact) mass is 230 g/mol. The van der Waals surface area contributed by atoms with Crippen LogP contribution in [0.3, 0.4) is 0 Å². The molecule has 0 heterocycles. The Morgan fingerprint density at radius 2 is 1.24 bits per heavy atom. The lowest BCUT2D eigenvalue weighted by molar-refractivity contribution is 0.454. The molecule has 0 heteroatoms. The minimum atomic E-state index is 0.828. The molecule has 2 rings (SSSR count). The van der Waals surface area contributed by atoms with E-state index in [0.29, 0.717) is 0 Å². The Bertz CT molecular complexity index is 368. The van der Waals surface area contributed by atoms with Crippen LogP contribution in [0.5, 0.6) is 0 Å². The SMILES string of the molecule is Cc1cc(C)c(C2CCCCCCC2)cc1C. The molecule has 1 aliphatic carbocycles. The van der Waals surface area contributed by atoms with E-state index >= 15 is 0 Å². The predicted molar refractivity (Wildman–Crippen MR) is 75.7 cm³/mol. The summed E-state index contributed by atoms with van der Waals surface area (Å²) in [4.78, 5) is 0. The standard InChI is InChI=1S/C17H26/c1-13-11-15(3)17(12-14(13)2)16-9-7-5-4-6-8-10-16/h11-12,16H,4-10H2,1-3H3. The van der Waals surface area contributed by atoms with Crippen LogP contribution in [0.2, 0.25) is 0 Å². The predicted octanol–water partition coefficient (Wildman–Crippen LogP) is 5.44. The minimum absolute atomic E-state index is 0.828. The zero-order valence-corrected chi connectivity index (χ0v) is 11.7. The number of hydrogen-bond donors (Lipinski definition) is 0. The topological polar surface area (TPSA) is 0 Å². The normalized spacial score (nSPS) is 18.8. The summed E-state index contributed by atoms with van der Waals surface area (Å²) >= 11 is 0. The zero-order valence-electron chi connectivity index (χ0n) is 11.7. The van der Waals surface area contributed by atoms with Crippen molar-refractivity contribution in [3.05, 3.63) is 34.4 Å². The highest BCUT2D eigenvalue weighted by Crippen LogP contribution is 2.33. The highest BCUT2D eigenvalue weighted by atomic mass is 14.2. The Labute approximate surface area is 106 Å². The zero-order chi connectivity index (χ0) is 12.3. The maximum Gasteiger partial charge on any atom is -0.0159 e. The molecular weight excluding hydrogens is 204 g/mol. The van der Waals surface area contributed by atoms with E-state index in [1.165, 1.54) is 61.6 Å². The van der Waals surface area contributed by atoms with Crippen molar-refractivity contribution in [1.82, 2.24) is 0 Å². The van der Waals surface area contributed by atoms with Gasteiger partial charge in [0.15, 0.2) is 0 Å². The van der Waals surface area contributed by atoms with Crippen LogP contribution in [-0.4, -0.2) is 0 Å². The molecule has 1 aromatic carbocycles. The molecule has 0 atom stereocenters. The molecule has 0 unspecified atom stereocenters. The molecular formula is C17H26. The molecule has 1 fully saturated rings. The Hall–Kier alpha value is -0.780. The van der Waals surface area contributed by atoms with Crippen LogP contribution in [0, 0.1) is 20.8 Å². The Balaban J connectivity index is 2.21. The van der Waals surface area contributed by atoms with Crippen molar-refractivity contribution in [2.24, 2.45) is 0 Å². The van der Waals surface area contributed by atoms with Gasteiger partial charge in [-0.05, 0) is 61.8 Å². The lowest BCUT2D eigenvalue weighted by atomic mass is 9.83. The summed E-state index contributed by atoms with van der Waals surface area (Å²) in [6.45, 7) is 6.77. The van der Waals surface area contributed by atoms with Gasteiger partial charge in [0, 0.05) is 0 Å². The molecule has 0 radical (unpaired) electrons. The Kier molecular flexibility index (Phi) is 4.25. The summed E-state index contributed by atoms with van der Waals surface area (Å²) < 4.78 is 0. The summed E-state index contributed by atoms with van der Waals surface area (Å²) in [6, 6.07) is 4.83. The molecule has 1 saturated carbocycles. The van der Waals surface area contributed by atoms with Crippen molar-refractivity contribution < 1.29 is 0 Å². The van der Waals surface area contributed by atoms with Crippen LogP contribution in [0.25, 0.3) is 0 Å². The van der Waals surface area contributed by atoms with Crippen molar-refractivity contribution in [1.29, 1.82) is 0 Å². The smallest absolute Gasteiger partial charge is 0.0159 e. The molecule has 0 nitrogen and oxygen atoms in total. The average Bonchev–Trinajstić information content (AvgIpc) is 2.24. The van der Waals surface area contributed by atoms with E-state index in [0.717, 1.165) is 5.92 Å². The second-order valence-corrected chi connectivity index (χ2v) is 5.84. The van der Waals surface area contributed by atoms with Gasteiger partial charge in [0.05, 0.1) is 0 Å². The molecule has 94 valence electrons. The molecule has 0 amide bonds. The molecule has 1 aromatic rings. The van der Waals surface area contributed by atoms with Gasteiger partial charge < -0.3 is 0 Å². The van der Waals surface area contributed by atoms with E-state index in [-0.39, 0.29) is 0 Å². The van der Waals surface area contributed by atoms with Crippen molar-refractivity contribution in [2.75, 3.05) is 0 Å². The fourth-order valence-corrected chi connectivity index (χ4v) is 3.19. The molecule has 0 bridgehead atoms. The quantitative estimate of drug-likeness (QED) is 0.602. The van der Waals surface area contributed by atoms with E-state index in [4.69, 9.17) is 0 Å². The molecule has 0 aliphatic heterocycles. The third kappa shape index (κ3) is 3.12. The average molecular weight is 230 g/mol. The molecule has 17 heavy (non-hydrogen) atoms. The highest BCUT2D eigenvalue weighted by molar-refractivity contribution is 5.38. The van der Waals surface area contributed by atoms with Gasteiger partial charge in [-0.25, -0.2) is 0 Å². The second kappa shape index (κ2) is 5.71. The van der Waals surface area contributed by atoms with E-state index in [2.05, 4.69) is 32.9 Å². The van der Waals surface area contributed by atoms with Gasteiger partial charge in [-0.1, -0.05) is 44.2 Å². The van der Waals surface area contributed by atoms with Crippen LogP contribution in [0.1, 0.15) is 73.1 Å². The van der Waals surface area contributed by atoms with Gasteiger partial charge >= 0.3 is 0 Å². The largest absolute Gasteiger partial charge is 0.0558 e. The van der Waals surface area contributed by atoms with Gasteiger partial charge in [-0.3, -0.25) is 0 Å². The fourth-order valence-electron chi connectivity index (χ4n) is 3.19. The Morgan fingerprint density at radius 1 is 0.706 bits per heavy atom. The van der Waals surface area contributed by atoms with Crippen molar-refractivity contribution >= 4 is 0 Å². The third-order valence-corrected chi connectivity index (χ3v) is 4.43. The maximum atomic E-state index is 2.46. The first-order valence-corrected chi connectivity index (χ1v) is 7.26. The number of benzene rings is 1. The summed E-state index contributed by atoms with van der Waals surface area (Å²) in [5, 5.41) is 0. The highest BCUT2D eigenvalue weighted by Gasteiger charge is 2.16. The molecule has 0 saturated heterocycles. The number of aryl methyl sites for hydroxylation is 3. The van der Waals surface area contributed by atoms with Crippen LogP contribution in [0.4, 0.5) is 0 Å². The van der Waals surface area contributed by atoms with Crippen LogP contribution >= 0.6 is 0 Å². The first-order chi connectivity index (χ1) is 8.18. The number of hydrogen-bond acceptors (Lipinski definition) is 0. The van der Waals surface area contributed by atoms with E-state index in [9.17, 15) is 0 Å². The summed E-state index contributed by atoms with van der Waals surface area (Å²) in [6.07, 6.45) is 10.0. The third-order valence-electron chi connectivity index (χ3n) is 4.43. The maximum absolute atomic E-state index is 2.46. The first kappa shape index (κ1) is 12.7. The minimum Gasteiger partial charge on any atom is -0.0558 e. The summed E-state index contributed by atoms with van der Waals surface area (Å²) in [5.41, 5.74) is 6.05. The fraction of sp³-hybridized carbons (Fsp3) is 0.647. The van der Waals surface area contributed by atoms with Crippen molar-refractivity contribution in [3.63, 3.8) is 0 Å². The van der Waals surface area contributed by atoms with Crippen LogP contribution < -0.4 is 0 Å². The lowest BCUT2D eigenvalue weighted by Crippen LogP contribution is -2.05. The van der Waals surface area contributed by atoms with Crippen LogP contribution in [0.15, 0.2) is 12.1 Å². The van der Waals surface area contributed by atoms with E-state index < -0.39 is 0 Å². The van der Waals surface area contributed by atoms with Gasteiger partial charge in [-0.15, -0.1) is 0 Å². The number of rotatable bonds is 1. The van der Waals surface area contributed by atoms with Crippen LogP contribution in [-0.2, 0) is 0 Å². The van der Waals surface area contributed by atoms with Crippen molar-refractivity contribution in [3.8, 4) is 0 Å². The van der Waals surface area contributed by atoms with Gasteiger partial charge in [0.2, 0.25) is 0 Å². The first-order valence-electron chi connectivity index (χ1n) is 7.26. The second-order valence-electron chi connectivity index (χ2n) is 5.84. The molecule has 0 aromatic heterocycles. The summed E-state index contributed by atoms with van der Waals surface area (Å²) in [7, 11) is 0. The summed E-state index contributed by atoms with van der Waals surface area (Å²) in [5.74, 6) is 0.828. The van der Waals surface area contributed by atoms with Gasteiger partial charge in [-0.2, -0.15) is 0 Å². The molecule has 1 aliphatic rings. The lowest BCUT2D eigenvalue weighted by Gasteiger charge is -2.23. The van der Waals surface area contributed by atoms with Gasteiger partial charge in [0.25, 0.3) is 0 Å².